The van der Waals surface area contributed by atoms with Gasteiger partial charge < -0.3 is 15.0 Å². The maximum atomic E-state index is 11.5. The first-order chi connectivity index (χ1) is 8.19. The van der Waals surface area contributed by atoms with Gasteiger partial charge in [-0.25, -0.2) is 0 Å². The number of esters is 1. The van der Waals surface area contributed by atoms with E-state index in [1.165, 1.54) is 39.3 Å². The van der Waals surface area contributed by atoms with Crippen molar-refractivity contribution in [2.45, 2.75) is 51.1 Å². The molecule has 2 atom stereocenters. The lowest BCUT2D eigenvalue weighted by Crippen LogP contribution is -2.41. The molecule has 1 rings (SSSR count). The standard InChI is InChI=1S/C13H26N2O2/c1-11-7-5-4-6-9-15(11)10-8-12(14-2)13(16)17-3/h11-12,14H,4-10H2,1-3H3. The van der Waals surface area contributed by atoms with Gasteiger partial charge in [0.2, 0.25) is 0 Å². The van der Waals surface area contributed by atoms with Crippen LogP contribution in [0.5, 0.6) is 0 Å². The van der Waals surface area contributed by atoms with E-state index in [1.807, 2.05) is 7.05 Å². The molecular weight excluding hydrogens is 216 g/mol. The quantitative estimate of drug-likeness (QED) is 0.740. The number of nitrogens with one attached hydrogen (secondary N) is 1. The minimum atomic E-state index is -0.171. The summed E-state index contributed by atoms with van der Waals surface area (Å²) in [5.74, 6) is -0.157. The fraction of sp³-hybridized carbons (Fsp3) is 0.923. The molecule has 0 bridgehead atoms. The van der Waals surface area contributed by atoms with Crippen molar-refractivity contribution in [1.82, 2.24) is 10.2 Å². The molecule has 0 saturated carbocycles. The van der Waals surface area contributed by atoms with E-state index in [4.69, 9.17) is 4.74 Å². The van der Waals surface area contributed by atoms with Crippen molar-refractivity contribution in [1.29, 1.82) is 0 Å². The van der Waals surface area contributed by atoms with E-state index in [0.29, 0.717) is 6.04 Å². The van der Waals surface area contributed by atoms with Crippen LogP contribution in [0.1, 0.15) is 39.0 Å². The van der Waals surface area contributed by atoms with Crippen molar-refractivity contribution in [3.63, 3.8) is 0 Å². The van der Waals surface area contributed by atoms with Crippen LogP contribution in [0.2, 0.25) is 0 Å². The maximum Gasteiger partial charge on any atom is 0.322 e. The Morgan fingerprint density at radius 2 is 2.24 bits per heavy atom. The molecule has 0 aromatic rings. The Morgan fingerprint density at radius 3 is 2.88 bits per heavy atom. The lowest BCUT2D eigenvalue weighted by atomic mass is 10.1. The number of carbonyl (C=O) groups excluding carboxylic acids is 1. The molecule has 0 amide bonds. The lowest BCUT2D eigenvalue weighted by Gasteiger charge is -2.28. The maximum absolute atomic E-state index is 11.5. The fourth-order valence-electron chi connectivity index (χ4n) is 2.48. The summed E-state index contributed by atoms with van der Waals surface area (Å²) in [6, 6.07) is 0.475. The highest BCUT2D eigenvalue weighted by atomic mass is 16.5. The fourth-order valence-corrected chi connectivity index (χ4v) is 2.48. The summed E-state index contributed by atoms with van der Waals surface area (Å²) in [7, 11) is 3.26. The van der Waals surface area contributed by atoms with E-state index in [2.05, 4.69) is 17.1 Å². The van der Waals surface area contributed by atoms with Crippen LogP contribution in [-0.4, -0.2) is 50.2 Å². The first-order valence-electron chi connectivity index (χ1n) is 6.68. The second-order valence-electron chi connectivity index (χ2n) is 4.89. The van der Waals surface area contributed by atoms with Crippen molar-refractivity contribution in [2.24, 2.45) is 0 Å². The van der Waals surface area contributed by atoms with Crippen molar-refractivity contribution < 1.29 is 9.53 Å². The van der Waals surface area contributed by atoms with Crippen LogP contribution >= 0.6 is 0 Å². The van der Waals surface area contributed by atoms with Crippen LogP contribution in [0.25, 0.3) is 0 Å². The third-order valence-corrected chi connectivity index (χ3v) is 3.73. The highest BCUT2D eigenvalue weighted by molar-refractivity contribution is 5.75. The van der Waals surface area contributed by atoms with Crippen LogP contribution in [0, 0.1) is 0 Å². The normalized spacial score (nSPS) is 24.1. The van der Waals surface area contributed by atoms with Crippen molar-refractivity contribution in [2.75, 3.05) is 27.2 Å². The summed E-state index contributed by atoms with van der Waals surface area (Å²) >= 11 is 0. The summed E-state index contributed by atoms with van der Waals surface area (Å²) < 4.78 is 4.77. The highest BCUT2D eigenvalue weighted by Crippen LogP contribution is 2.16. The van der Waals surface area contributed by atoms with Crippen molar-refractivity contribution in [3.8, 4) is 0 Å². The Bertz CT molecular complexity index is 233. The first kappa shape index (κ1) is 14.5. The molecule has 1 fully saturated rings. The lowest BCUT2D eigenvalue weighted by molar-refractivity contribution is -0.143. The van der Waals surface area contributed by atoms with Gasteiger partial charge in [-0.2, -0.15) is 0 Å². The molecule has 100 valence electrons. The minimum absolute atomic E-state index is 0.157. The van der Waals surface area contributed by atoms with E-state index in [0.717, 1.165) is 13.0 Å². The largest absolute Gasteiger partial charge is 0.468 e. The molecule has 0 radical (unpaired) electrons. The van der Waals surface area contributed by atoms with Gasteiger partial charge in [-0.3, -0.25) is 4.79 Å². The van der Waals surface area contributed by atoms with Gasteiger partial charge in [0.25, 0.3) is 0 Å². The van der Waals surface area contributed by atoms with Crippen LogP contribution in [0.15, 0.2) is 0 Å². The van der Waals surface area contributed by atoms with E-state index in [1.54, 1.807) is 0 Å². The smallest absolute Gasteiger partial charge is 0.322 e. The number of ether oxygens (including phenoxy) is 1. The molecule has 4 heteroatoms. The van der Waals surface area contributed by atoms with E-state index >= 15 is 0 Å². The molecule has 1 aliphatic rings. The van der Waals surface area contributed by atoms with E-state index < -0.39 is 0 Å². The number of methoxy groups -OCH3 is 1. The molecule has 1 aliphatic heterocycles. The Balaban J connectivity index is 2.38. The number of rotatable bonds is 5. The minimum Gasteiger partial charge on any atom is -0.468 e. The Kier molecular flexibility index (Phi) is 6.52. The zero-order valence-corrected chi connectivity index (χ0v) is 11.4. The molecule has 1 N–H and O–H groups in total. The van der Waals surface area contributed by atoms with Crippen LogP contribution in [0.3, 0.4) is 0 Å². The number of hydrogen-bond acceptors (Lipinski definition) is 4. The van der Waals surface area contributed by atoms with Crippen molar-refractivity contribution in [3.05, 3.63) is 0 Å². The third-order valence-electron chi connectivity index (χ3n) is 3.73. The van der Waals surface area contributed by atoms with Gasteiger partial charge in [-0.15, -0.1) is 0 Å². The predicted molar refractivity (Wildman–Crippen MR) is 69.0 cm³/mol. The highest BCUT2D eigenvalue weighted by Gasteiger charge is 2.21. The second kappa shape index (κ2) is 7.67. The molecule has 0 aliphatic carbocycles. The van der Waals surface area contributed by atoms with E-state index in [-0.39, 0.29) is 12.0 Å². The van der Waals surface area contributed by atoms with Crippen molar-refractivity contribution >= 4 is 5.97 Å². The molecule has 0 aromatic heterocycles. The SMILES string of the molecule is CNC(CCN1CCCCCC1C)C(=O)OC. The van der Waals surface area contributed by atoms with Gasteiger partial charge in [-0.1, -0.05) is 12.8 Å². The first-order valence-corrected chi connectivity index (χ1v) is 6.68. The number of nitrogens with zero attached hydrogens (tertiary/aromatic N) is 1. The Morgan fingerprint density at radius 1 is 1.47 bits per heavy atom. The third kappa shape index (κ3) is 4.64. The van der Waals surface area contributed by atoms with Crippen LogP contribution in [0.4, 0.5) is 0 Å². The summed E-state index contributed by atoms with van der Waals surface area (Å²) in [6.07, 6.45) is 6.07. The number of likely N-dealkylation sites (tertiary alicyclic amines) is 1. The monoisotopic (exact) mass is 242 g/mol. The molecule has 1 heterocycles. The number of carbonyl (C=O) groups is 1. The average Bonchev–Trinajstić information content (AvgIpc) is 2.55. The summed E-state index contributed by atoms with van der Waals surface area (Å²) in [6.45, 7) is 4.43. The second-order valence-corrected chi connectivity index (χ2v) is 4.89. The predicted octanol–water partition coefficient (Wildman–Crippen LogP) is 1.40. The van der Waals surface area contributed by atoms with Gasteiger partial charge in [0.1, 0.15) is 6.04 Å². The zero-order chi connectivity index (χ0) is 12.7. The summed E-state index contributed by atoms with van der Waals surface area (Å²) in [4.78, 5) is 14.0. The number of likely N-dealkylation sites (N-methyl/N-ethyl adjacent to an activating group) is 1. The van der Waals surface area contributed by atoms with E-state index in [9.17, 15) is 4.79 Å². The number of hydrogen-bond donors (Lipinski definition) is 1. The van der Waals surface area contributed by atoms with Crippen LogP contribution in [-0.2, 0) is 9.53 Å². The molecule has 4 nitrogen and oxygen atoms in total. The average molecular weight is 242 g/mol. The molecular formula is C13H26N2O2. The molecule has 0 aromatic carbocycles. The Labute approximate surface area is 105 Å². The molecule has 0 spiro atoms. The van der Waals surface area contributed by atoms with Gasteiger partial charge in [0, 0.05) is 12.6 Å². The molecule has 1 saturated heterocycles. The Hall–Kier alpha value is -0.610. The summed E-state index contributed by atoms with van der Waals surface area (Å²) in [5, 5.41) is 3.02. The molecule has 17 heavy (non-hydrogen) atoms. The van der Waals surface area contributed by atoms with Gasteiger partial charge in [0.15, 0.2) is 0 Å². The topological polar surface area (TPSA) is 41.6 Å². The molecule has 2 unspecified atom stereocenters. The zero-order valence-electron chi connectivity index (χ0n) is 11.4. The van der Waals surface area contributed by atoms with Crippen LogP contribution < -0.4 is 5.32 Å². The van der Waals surface area contributed by atoms with Gasteiger partial charge in [-0.05, 0) is 39.8 Å². The summed E-state index contributed by atoms with van der Waals surface area (Å²) in [5.41, 5.74) is 0. The van der Waals surface area contributed by atoms with Gasteiger partial charge in [0.05, 0.1) is 7.11 Å². The van der Waals surface area contributed by atoms with Gasteiger partial charge >= 0.3 is 5.97 Å².